The van der Waals surface area contributed by atoms with Crippen molar-refractivity contribution in [2.24, 2.45) is 0 Å². The van der Waals surface area contributed by atoms with Gasteiger partial charge in [-0.05, 0) is 62.8 Å². The van der Waals surface area contributed by atoms with Crippen LogP contribution in [-0.4, -0.2) is 32.4 Å². The van der Waals surface area contributed by atoms with Crippen LogP contribution in [-0.2, 0) is 16.6 Å². The molecule has 0 saturated carbocycles. The summed E-state index contributed by atoms with van der Waals surface area (Å²) >= 11 is 1.87. The molecule has 0 saturated heterocycles. The summed E-state index contributed by atoms with van der Waals surface area (Å²) in [4.78, 5) is 20.7. The van der Waals surface area contributed by atoms with E-state index in [-0.39, 0.29) is 17.4 Å². The number of carboxylic acid groups (broad SMARTS) is 1. The minimum absolute atomic E-state index is 0.00321. The average Bonchev–Trinajstić information content (AvgIpc) is 2.80. The number of fused-ring (bicyclic) bond motifs is 1. The van der Waals surface area contributed by atoms with Crippen LogP contribution in [0.4, 0.5) is 0 Å². The third-order valence-electron chi connectivity index (χ3n) is 6.41. The minimum Gasteiger partial charge on any atom is -0.487 e. The molecule has 5 nitrogen and oxygen atoms in total. The molecule has 0 fully saturated rings. The summed E-state index contributed by atoms with van der Waals surface area (Å²) in [5.41, 5.74) is 2.83. The van der Waals surface area contributed by atoms with Crippen molar-refractivity contribution < 1.29 is 14.6 Å². The van der Waals surface area contributed by atoms with E-state index in [0.717, 1.165) is 41.3 Å². The predicted octanol–water partition coefficient (Wildman–Crippen LogP) is 7.18. The van der Waals surface area contributed by atoms with Gasteiger partial charge in [0.15, 0.2) is 0 Å². The number of thioether (sulfide) groups is 1. The van der Waals surface area contributed by atoms with Gasteiger partial charge in [0.25, 0.3) is 0 Å². The van der Waals surface area contributed by atoms with Crippen molar-refractivity contribution in [1.82, 2.24) is 9.97 Å². The molecule has 3 rings (SSSR count). The Morgan fingerprint density at radius 1 is 1.06 bits per heavy atom. The molecule has 0 unspecified atom stereocenters. The molecule has 1 aliphatic rings. The van der Waals surface area contributed by atoms with Crippen molar-refractivity contribution in [3.05, 3.63) is 47.0 Å². The van der Waals surface area contributed by atoms with Crippen LogP contribution in [0.15, 0.2) is 29.4 Å². The van der Waals surface area contributed by atoms with E-state index in [2.05, 4.69) is 68.6 Å². The molecule has 0 aliphatic carbocycles. The second kappa shape index (κ2) is 12.6. The molecule has 0 amide bonds. The van der Waals surface area contributed by atoms with E-state index in [4.69, 9.17) is 9.84 Å². The van der Waals surface area contributed by atoms with Gasteiger partial charge >= 0.3 is 5.97 Å². The summed E-state index contributed by atoms with van der Waals surface area (Å²) in [6.45, 7) is 11.1. The molecule has 1 aromatic heterocycles. The molecule has 36 heavy (non-hydrogen) atoms. The molecule has 194 valence electrons. The van der Waals surface area contributed by atoms with Gasteiger partial charge in [0.1, 0.15) is 17.2 Å². The highest BCUT2D eigenvalue weighted by atomic mass is 32.2. The Hall–Kier alpha value is -2.52. The number of carbonyl (C=O) groups is 1. The Labute approximate surface area is 220 Å². The highest BCUT2D eigenvalue weighted by molar-refractivity contribution is 7.99. The molecule has 0 bridgehead atoms. The minimum atomic E-state index is -0.763. The van der Waals surface area contributed by atoms with Gasteiger partial charge in [-0.2, -0.15) is 0 Å². The fraction of sp³-hybridized carbons (Fsp3) is 0.567. The number of aryl methyl sites for hydroxylation is 1. The van der Waals surface area contributed by atoms with Gasteiger partial charge in [-0.15, -0.1) is 11.8 Å². The molecule has 0 radical (unpaired) electrons. The fourth-order valence-electron chi connectivity index (χ4n) is 4.84. The van der Waals surface area contributed by atoms with Crippen LogP contribution >= 0.6 is 11.8 Å². The molecule has 1 N–H and O–H groups in total. The van der Waals surface area contributed by atoms with Crippen molar-refractivity contribution in [1.29, 1.82) is 0 Å². The van der Waals surface area contributed by atoms with Crippen LogP contribution in [0.1, 0.15) is 109 Å². The van der Waals surface area contributed by atoms with Crippen LogP contribution in [0.25, 0.3) is 0 Å². The van der Waals surface area contributed by atoms with Crippen molar-refractivity contribution in [2.75, 3.05) is 5.75 Å². The number of unbranched alkanes of at least 4 members (excludes halogenated alkanes) is 4. The molecule has 1 aromatic carbocycles. The highest BCUT2D eigenvalue weighted by Crippen LogP contribution is 2.46. The average molecular weight is 509 g/mol. The summed E-state index contributed by atoms with van der Waals surface area (Å²) in [6.07, 6.45) is 11.7. The first-order valence-corrected chi connectivity index (χ1v) is 14.1. The van der Waals surface area contributed by atoms with E-state index in [0.29, 0.717) is 12.8 Å². The Morgan fingerprint density at radius 2 is 1.81 bits per heavy atom. The van der Waals surface area contributed by atoms with E-state index < -0.39 is 5.97 Å². The predicted molar refractivity (Wildman–Crippen MR) is 147 cm³/mol. The van der Waals surface area contributed by atoms with Gasteiger partial charge in [0.2, 0.25) is 0 Å². The molecular weight excluding hydrogens is 468 g/mol. The van der Waals surface area contributed by atoms with Crippen molar-refractivity contribution in [3.63, 3.8) is 0 Å². The second-order valence-corrected chi connectivity index (χ2v) is 12.1. The Kier molecular flexibility index (Phi) is 9.84. The molecule has 0 spiro atoms. The van der Waals surface area contributed by atoms with Gasteiger partial charge < -0.3 is 9.84 Å². The first-order chi connectivity index (χ1) is 17.1. The zero-order chi connectivity index (χ0) is 26.2. The highest BCUT2D eigenvalue weighted by Gasteiger charge is 2.39. The summed E-state index contributed by atoms with van der Waals surface area (Å²) in [5.74, 6) is 8.68. The molecule has 2 aromatic rings. The number of rotatable bonds is 11. The monoisotopic (exact) mass is 508 g/mol. The normalized spacial score (nSPS) is 15.4. The molecule has 2 heterocycles. The Bertz CT molecular complexity index is 1100. The molecule has 6 heteroatoms. The number of hydrogen-bond acceptors (Lipinski definition) is 5. The molecule has 0 atom stereocenters. The first kappa shape index (κ1) is 28.1. The van der Waals surface area contributed by atoms with Crippen molar-refractivity contribution >= 4 is 17.7 Å². The lowest BCUT2D eigenvalue weighted by molar-refractivity contribution is -0.137. The maximum absolute atomic E-state index is 10.7. The van der Waals surface area contributed by atoms with Crippen LogP contribution in [0.2, 0.25) is 0 Å². The number of ether oxygens (including phenoxy) is 1. The van der Waals surface area contributed by atoms with Crippen LogP contribution < -0.4 is 4.74 Å². The zero-order valence-electron chi connectivity index (χ0n) is 22.4. The maximum atomic E-state index is 10.7. The smallest absolute Gasteiger partial charge is 0.303 e. The van der Waals surface area contributed by atoms with Crippen LogP contribution in [0, 0.1) is 11.8 Å². The number of benzene rings is 1. The van der Waals surface area contributed by atoms with E-state index in [1.165, 1.54) is 36.1 Å². The maximum Gasteiger partial charge on any atom is 0.303 e. The van der Waals surface area contributed by atoms with E-state index >= 15 is 0 Å². The summed E-state index contributed by atoms with van der Waals surface area (Å²) < 4.78 is 6.41. The topological polar surface area (TPSA) is 72.3 Å². The number of nitrogens with zero attached hydrogens (tertiary/aromatic N) is 2. The number of aliphatic carboxylic acids is 1. The lowest BCUT2D eigenvalue weighted by Crippen LogP contribution is -2.41. The van der Waals surface area contributed by atoms with Crippen LogP contribution in [0.3, 0.4) is 0 Å². The SMILES string of the molecule is CCCCCCSc1cc2c(cc1C#Cc1cnc(CCCCC(=O)O)nc1)C(C)(C)CC(C)(C)O2. The molecular formula is C30H40N2O3S. The van der Waals surface area contributed by atoms with E-state index in [1.54, 1.807) is 12.4 Å². The van der Waals surface area contributed by atoms with Crippen LogP contribution in [0.5, 0.6) is 5.75 Å². The number of carboxylic acids is 1. The van der Waals surface area contributed by atoms with Crippen molar-refractivity contribution in [3.8, 4) is 17.6 Å². The van der Waals surface area contributed by atoms with E-state index in [1.807, 2.05) is 11.8 Å². The van der Waals surface area contributed by atoms with Gasteiger partial charge in [0, 0.05) is 41.3 Å². The van der Waals surface area contributed by atoms with Gasteiger partial charge in [-0.25, -0.2) is 9.97 Å². The Balaban J connectivity index is 1.81. The third-order valence-corrected chi connectivity index (χ3v) is 7.55. The zero-order valence-corrected chi connectivity index (χ0v) is 23.3. The lowest BCUT2D eigenvalue weighted by Gasteiger charge is -2.42. The lowest BCUT2D eigenvalue weighted by atomic mass is 9.73. The third kappa shape index (κ3) is 8.27. The van der Waals surface area contributed by atoms with Crippen molar-refractivity contribution in [2.45, 2.75) is 108 Å². The molecule has 1 aliphatic heterocycles. The standard InChI is InChI=1S/C30H40N2O3S/c1-6-7-8-11-16-36-26-18-25-24(29(2,3)21-30(4,5)35-25)17-23(26)15-14-22-19-31-27(32-20-22)12-9-10-13-28(33)34/h17-20H,6-13,16,21H2,1-5H3,(H,33,34). The number of hydrogen-bond donors (Lipinski definition) is 1. The largest absolute Gasteiger partial charge is 0.487 e. The van der Waals surface area contributed by atoms with Gasteiger partial charge in [-0.3, -0.25) is 4.79 Å². The summed E-state index contributed by atoms with van der Waals surface area (Å²) in [5, 5.41) is 8.76. The summed E-state index contributed by atoms with van der Waals surface area (Å²) in [7, 11) is 0. The fourth-order valence-corrected chi connectivity index (χ4v) is 5.87. The quantitative estimate of drug-likeness (QED) is 0.197. The van der Waals surface area contributed by atoms with Gasteiger partial charge in [-0.1, -0.05) is 51.9 Å². The van der Waals surface area contributed by atoms with Gasteiger partial charge in [0.05, 0.1) is 5.56 Å². The first-order valence-electron chi connectivity index (χ1n) is 13.1. The number of aromatic nitrogens is 2. The Morgan fingerprint density at radius 3 is 2.50 bits per heavy atom. The van der Waals surface area contributed by atoms with E-state index in [9.17, 15) is 4.79 Å². The summed E-state index contributed by atoms with van der Waals surface area (Å²) in [6, 6.07) is 4.42. The second-order valence-electron chi connectivity index (χ2n) is 10.9.